The Balaban J connectivity index is 3.18. The van der Waals surface area contributed by atoms with Crippen molar-refractivity contribution in [1.29, 1.82) is 0 Å². The first-order valence-electron chi connectivity index (χ1n) is 4.46. The fourth-order valence-corrected chi connectivity index (χ4v) is 1.70. The average molecular weight is 250 g/mol. The molecule has 1 rings (SSSR count). The summed E-state index contributed by atoms with van der Waals surface area (Å²) in [5, 5.41) is 12.0. The maximum absolute atomic E-state index is 10.9. The van der Waals surface area contributed by atoms with Crippen molar-refractivity contribution in [3.63, 3.8) is 0 Å². The number of hydrogen-bond donors (Lipinski definition) is 2. The van der Waals surface area contributed by atoms with Gasteiger partial charge in [0.15, 0.2) is 0 Å². The second kappa shape index (κ2) is 3.72. The molecule has 0 radical (unpaired) electrons. The maximum Gasteiger partial charge on any atom is 0.335 e. The molecule has 0 spiro atoms. The second-order valence-corrected chi connectivity index (χ2v) is 5.49. The van der Waals surface area contributed by atoms with E-state index in [1.807, 2.05) is 20.8 Å². The number of halogens is 2. The van der Waals surface area contributed by atoms with E-state index in [0.717, 1.165) is 0 Å². The van der Waals surface area contributed by atoms with Crippen molar-refractivity contribution in [1.82, 2.24) is 5.32 Å². The van der Waals surface area contributed by atoms with Crippen LogP contribution in [0.25, 0.3) is 0 Å². The molecule has 84 valence electrons. The minimum Gasteiger partial charge on any atom is -0.478 e. The Labute approximate surface area is 98.8 Å². The minimum absolute atomic E-state index is 0.101. The summed E-state index contributed by atoms with van der Waals surface area (Å²) in [6, 6.07) is 0. The van der Waals surface area contributed by atoms with Crippen LogP contribution in [0.5, 0.6) is 0 Å². The van der Waals surface area contributed by atoms with Crippen molar-refractivity contribution in [2.45, 2.75) is 25.8 Å². The van der Waals surface area contributed by atoms with Gasteiger partial charge in [-0.15, -0.1) is 0 Å². The second-order valence-electron chi connectivity index (χ2n) is 4.48. The summed E-state index contributed by atoms with van der Waals surface area (Å²) in [5.41, 5.74) is -0.257. The molecule has 15 heavy (non-hydrogen) atoms. The number of nitrogens with one attached hydrogen (secondary N) is 1. The summed E-state index contributed by atoms with van der Waals surface area (Å²) in [4.78, 5) is 9.88. The van der Waals surface area contributed by atoms with Crippen molar-refractivity contribution in [3.8, 4) is 0 Å². The van der Waals surface area contributed by atoms with E-state index < -0.39 is 11.0 Å². The molecule has 0 fully saturated rings. The van der Waals surface area contributed by atoms with Gasteiger partial charge in [-0.05, 0) is 12.2 Å². The molecular formula is C10H13Cl2NO2. The van der Waals surface area contributed by atoms with Crippen LogP contribution in [0.2, 0.25) is 0 Å². The Morgan fingerprint density at radius 1 is 1.53 bits per heavy atom. The highest BCUT2D eigenvalue weighted by Gasteiger charge is 2.41. The molecule has 0 aliphatic carbocycles. The smallest absolute Gasteiger partial charge is 0.335 e. The summed E-state index contributed by atoms with van der Waals surface area (Å²) in [5.74, 6) is -1.04. The van der Waals surface area contributed by atoms with E-state index in [1.54, 1.807) is 0 Å². The minimum atomic E-state index is -1.04. The quantitative estimate of drug-likeness (QED) is 0.555. The van der Waals surface area contributed by atoms with Gasteiger partial charge in [0.25, 0.3) is 0 Å². The predicted molar refractivity (Wildman–Crippen MR) is 60.8 cm³/mol. The van der Waals surface area contributed by atoms with Crippen LogP contribution < -0.4 is 5.32 Å². The fourth-order valence-electron chi connectivity index (χ4n) is 1.17. The number of aliphatic carboxylic acids is 1. The average Bonchev–Trinajstić information content (AvgIpc) is 2.00. The van der Waals surface area contributed by atoms with Gasteiger partial charge in [-0.25, -0.2) is 4.79 Å². The monoisotopic (exact) mass is 249 g/mol. The van der Waals surface area contributed by atoms with Crippen LogP contribution in [-0.2, 0) is 4.79 Å². The predicted octanol–water partition coefficient (Wildman–Crippen LogP) is 2.66. The van der Waals surface area contributed by atoms with Crippen LogP contribution in [0.1, 0.15) is 20.8 Å². The Morgan fingerprint density at radius 2 is 2.07 bits per heavy atom. The molecule has 0 saturated carbocycles. The zero-order chi connectivity index (χ0) is 11.9. The number of rotatable bonds is 1. The molecule has 5 heteroatoms. The van der Waals surface area contributed by atoms with Crippen LogP contribution >= 0.6 is 23.2 Å². The lowest BCUT2D eigenvalue weighted by molar-refractivity contribution is -0.132. The summed E-state index contributed by atoms with van der Waals surface area (Å²) in [6.45, 7) is 5.70. The molecule has 2 N–H and O–H groups in total. The summed E-state index contributed by atoms with van der Waals surface area (Å²) >= 11 is 12.1. The molecule has 1 atom stereocenters. The molecule has 0 bridgehead atoms. The maximum atomic E-state index is 10.9. The highest BCUT2D eigenvalue weighted by atomic mass is 35.5. The van der Waals surface area contributed by atoms with Gasteiger partial charge in [0.1, 0.15) is 10.2 Å². The van der Waals surface area contributed by atoms with Crippen LogP contribution in [0.15, 0.2) is 22.9 Å². The van der Waals surface area contributed by atoms with Gasteiger partial charge < -0.3 is 10.4 Å². The Bertz CT molecular complexity index is 355. The van der Waals surface area contributed by atoms with Crippen molar-refractivity contribution in [2.24, 2.45) is 5.41 Å². The number of hydrogen-bond acceptors (Lipinski definition) is 2. The summed E-state index contributed by atoms with van der Waals surface area (Å²) in [6.07, 6.45) is 2.82. The van der Waals surface area contributed by atoms with Crippen molar-refractivity contribution < 1.29 is 9.90 Å². The standard InChI is InChI=1S/C10H13Cl2NO2/c1-9(2,3)10(12)5-6(8(14)15)4-7(11)13-10/h4-5,13H,1-3H3,(H,14,15). The molecule has 1 heterocycles. The number of carboxylic acids is 1. The van der Waals surface area contributed by atoms with E-state index in [4.69, 9.17) is 28.3 Å². The van der Waals surface area contributed by atoms with E-state index in [2.05, 4.69) is 5.32 Å². The van der Waals surface area contributed by atoms with Crippen molar-refractivity contribution in [3.05, 3.63) is 22.9 Å². The molecule has 1 unspecified atom stereocenters. The zero-order valence-electron chi connectivity index (χ0n) is 8.77. The normalized spacial score (nSPS) is 26.5. The number of carbonyl (C=O) groups is 1. The molecular weight excluding hydrogens is 237 g/mol. The van der Waals surface area contributed by atoms with E-state index in [9.17, 15) is 4.79 Å². The number of carboxylic acid groups (broad SMARTS) is 1. The molecule has 0 amide bonds. The molecule has 0 aromatic carbocycles. The van der Waals surface area contributed by atoms with Crippen molar-refractivity contribution >= 4 is 29.2 Å². The Kier molecular flexibility index (Phi) is 3.08. The van der Waals surface area contributed by atoms with Gasteiger partial charge >= 0.3 is 5.97 Å². The molecule has 1 aliphatic rings. The lowest BCUT2D eigenvalue weighted by Crippen LogP contribution is -2.49. The fraction of sp³-hybridized carbons (Fsp3) is 0.500. The van der Waals surface area contributed by atoms with Crippen LogP contribution in [0.3, 0.4) is 0 Å². The van der Waals surface area contributed by atoms with Crippen LogP contribution in [-0.4, -0.2) is 16.1 Å². The zero-order valence-corrected chi connectivity index (χ0v) is 10.3. The van der Waals surface area contributed by atoms with E-state index in [1.165, 1.54) is 12.2 Å². The summed E-state index contributed by atoms with van der Waals surface area (Å²) in [7, 11) is 0. The van der Waals surface area contributed by atoms with Gasteiger partial charge in [-0.2, -0.15) is 0 Å². The first kappa shape index (κ1) is 12.4. The third-order valence-electron chi connectivity index (χ3n) is 2.28. The molecule has 0 aromatic rings. The van der Waals surface area contributed by atoms with Gasteiger partial charge in [0, 0.05) is 5.41 Å². The highest BCUT2D eigenvalue weighted by Crippen LogP contribution is 2.39. The summed E-state index contributed by atoms with van der Waals surface area (Å²) < 4.78 is 0. The van der Waals surface area contributed by atoms with E-state index >= 15 is 0 Å². The lowest BCUT2D eigenvalue weighted by Gasteiger charge is -2.40. The largest absolute Gasteiger partial charge is 0.478 e. The van der Waals surface area contributed by atoms with Crippen molar-refractivity contribution in [2.75, 3.05) is 0 Å². The van der Waals surface area contributed by atoms with Gasteiger partial charge in [0.05, 0.1) is 5.57 Å². The van der Waals surface area contributed by atoms with Gasteiger partial charge in [0.2, 0.25) is 0 Å². The van der Waals surface area contributed by atoms with E-state index in [0.29, 0.717) is 0 Å². The topological polar surface area (TPSA) is 49.3 Å². The third-order valence-corrected chi connectivity index (χ3v) is 3.25. The lowest BCUT2D eigenvalue weighted by atomic mass is 9.84. The number of dihydropyridines is 1. The highest BCUT2D eigenvalue weighted by molar-refractivity contribution is 6.32. The Hall–Kier alpha value is -0.670. The van der Waals surface area contributed by atoms with Gasteiger partial charge in [-0.3, -0.25) is 0 Å². The SMILES string of the molecule is CC(C)(C)C1(Cl)C=C(C(=O)O)C=C(Cl)N1. The molecule has 1 aliphatic heterocycles. The molecule has 0 saturated heterocycles. The van der Waals surface area contributed by atoms with E-state index in [-0.39, 0.29) is 16.1 Å². The first-order chi connectivity index (χ1) is 6.66. The van der Waals surface area contributed by atoms with Crippen LogP contribution in [0.4, 0.5) is 0 Å². The molecule has 0 aromatic heterocycles. The van der Waals surface area contributed by atoms with Gasteiger partial charge in [-0.1, -0.05) is 44.0 Å². The molecule has 3 nitrogen and oxygen atoms in total. The first-order valence-corrected chi connectivity index (χ1v) is 5.22. The Morgan fingerprint density at radius 3 is 2.47 bits per heavy atom. The third kappa shape index (κ3) is 2.47. The number of alkyl halides is 1. The van der Waals surface area contributed by atoms with Crippen LogP contribution in [0, 0.1) is 5.41 Å².